The Morgan fingerprint density at radius 3 is 2.22 bits per heavy atom. The maximum atomic E-state index is 12.7. The number of ether oxygens (including phenoxy) is 2. The number of rotatable bonds is 6. The van der Waals surface area contributed by atoms with E-state index in [0.29, 0.717) is 0 Å². The van der Waals surface area contributed by atoms with Gasteiger partial charge in [-0.25, -0.2) is 4.79 Å². The van der Waals surface area contributed by atoms with Crippen molar-refractivity contribution in [3.63, 3.8) is 0 Å². The fourth-order valence-electron chi connectivity index (χ4n) is 4.24. The largest absolute Gasteiger partial charge is 0.481 e. The summed E-state index contributed by atoms with van der Waals surface area (Å²) < 4.78 is 10.7. The van der Waals surface area contributed by atoms with Crippen molar-refractivity contribution in [1.82, 2.24) is 10.6 Å². The maximum Gasteiger partial charge on any atom is 0.408 e. The first-order valence-corrected chi connectivity index (χ1v) is 10.5. The van der Waals surface area contributed by atoms with Crippen LogP contribution in [0.5, 0.6) is 0 Å². The molecule has 4 rings (SSSR count). The molecule has 2 unspecified atom stereocenters. The van der Waals surface area contributed by atoms with E-state index < -0.39 is 35.5 Å². The number of aliphatic carboxylic acids is 1. The van der Waals surface area contributed by atoms with Gasteiger partial charge in [-0.1, -0.05) is 48.5 Å². The molecule has 1 saturated heterocycles. The van der Waals surface area contributed by atoms with Crippen LogP contribution >= 0.6 is 0 Å². The van der Waals surface area contributed by atoms with Crippen LogP contribution in [0, 0.1) is 5.92 Å². The minimum absolute atomic E-state index is 0.0422. The zero-order chi connectivity index (χ0) is 22.9. The molecule has 8 nitrogen and oxygen atoms in total. The molecule has 1 heterocycles. The first-order chi connectivity index (χ1) is 15.3. The summed E-state index contributed by atoms with van der Waals surface area (Å²) in [4.78, 5) is 36.5. The Balaban J connectivity index is 1.37. The molecule has 2 aliphatic rings. The van der Waals surface area contributed by atoms with Crippen LogP contribution < -0.4 is 10.6 Å². The van der Waals surface area contributed by atoms with Crippen LogP contribution in [0.3, 0.4) is 0 Å². The van der Waals surface area contributed by atoms with Gasteiger partial charge in [0.15, 0.2) is 0 Å². The number of carbonyl (C=O) groups is 3. The standard InChI is InChI=1S/C24H26N2O6/c1-24(2,22(29)25-20-13-31-11-19(20)21(27)28)26-23(30)32-12-18-16-9-5-3-7-14(16)15-8-4-6-10-17(15)18/h3-10,18-20H,11-13H2,1-2H3,(H,25,29)(H,26,30)(H,27,28). The predicted molar refractivity (Wildman–Crippen MR) is 116 cm³/mol. The summed E-state index contributed by atoms with van der Waals surface area (Å²) in [5, 5.41) is 14.5. The smallest absolute Gasteiger partial charge is 0.408 e. The SMILES string of the molecule is CC(C)(NC(=O)OCC1c2ccccc2-c2ccccc21)C(=O)NC1COCC1C(=O)O. The summed E-state index contributed by atoms with van der Waals surface area (Å²) in [6.07, 6.45) is -0.718. The number of hydrogen-bond acceptors (Lipinski definition) is 5. The van der Waals surface area contributed by atoms with E-state index in [9.17, 15) is 19.5 Å². The number of alkyl carbamates (subject to hydrolysis) is 1. The van der Waals surface area contributed by atoms with Crippen LogP contribution in [0.2, 0.25) is 0 Å². The number of benzene rings is 2. The lowest BCUT2D eigenvalue weighted by molar-refractivity contribution is -0.142. The van der Waals surface area contributed by atoms with Gasteiger partial charge in [0.25, 0.3) is 0 Å². The second-order valence-corrected chi connectivity index (χ2v) is 8.64. The van der Waals surface area contributed by atoms with Crippen molar-refractivity contribution >= 4 is 18.0 Å². The number of carboxylic acid groups (broad SMARTS) is 1. The van der Waals surface area contributed by atoms with Gasteiger partial charge in [0.2, 0.25) is 5.91 Å². The molecule has 0 bridgehead atoms. The lowest BCUT2D eigenvalue weighted by atomic mass is 9.98. The quantitative estimate of drug-likeness (QED) is 0.639. The lowest BCUT2D eigenvalue weighted by Crippen LogP contribution is -2.58. The van der Waals surface area contributed by atoms with Gasteiger partial charge >= 0.3 is 12.1 Å². The fourth-order valence-corrected chi connectivity index (χ4v) is 4.24. The fraction of sp³-hybridized carbons (Fsp3) is 0.375. The highest BCUT2D eigenvalue weighted by Crippen LogP contribution is 2.44. The molecule has 2 amide bonds. The Morgan fingerprint density at radius 1 is 1.03 bits per heavy atom. The van der Waals surface area contributed by atoms with Gasteiger partial charge in [0, 0.05) is 5.92 Å². The van der Waals surface area contributed by atoms with Crippen LogP contribution in [0.15, 0.2) is 48.5 Å². The molecule has 0 spiro atoms. The monoisotopic (exact) mass is 438 g/mol. The van der Waals surface area contributed by atoms with Crippen LogP contribution in [-0.2, 0) is 19.1 Å². The molecule has 0 radical (unpaired) electrons. The summed E-state index contributed by atoms with van der Waals surface area (Å²) in [5.41, 5.74) is 3.15. The average Bonchev–Trinajstić information content (AvgIpc) is 3.34. The second kappa shape index (κ2) is 8.63. The third kappa shape index (κ3) is 4.18. The molecule has 2 atom stereocenters. The minimum atomic E-state index is -1.30. The highest BCUT2D eigenvalue weighted by Gasteiger charge is 2.39. The van der Waals surface area contributed by atoms with Crippen LogP contribution in [0.1, 0.15) is 30.9 Å². The van der Waals surface area contributed by atoms with Gasteiger partial charge in [-0.2, -0.15) is 0 Å². The number of nitrogens with one attached hydrogen (secondary N) is 2. The number of carbonyl (C=O) groups excluding carboxylic acids is 2. The van der Waals surface area contributed by atoms with Crippen LogP contribution in [0.25, 0.3) is 11.1 Å². The molecule has 2 aromatic carbocycles. The van der Waals surface area contributed by atoms with E-state index in [4.69, 9.17) is 9.47 Å². The van der Waals surface area contributed by atoms with E-state index >= 15 is 0 Å². The van der Waals surface area contributed by atoms with Gasteiger partial charge in [-0.05, 0) is 36.1 Å². The summed E-state index contributed by atoms with van der Waals surface area (Å²) in [5.74, 6) is -2.44. The molecule has 1 aliphatic carbocycles. The molecule has 2 aromatic rings. The van der Waals surface area contributed by atoms with Gasteiger partial charge in [0.05, 0.1) is 19.3 Å². The highest BCUT2D eigenvalue weighted by molar-refractivity contribution is 5.90. The number of hydrogen-bond donors (Lipinski definition) is 3. The molecule has 0 aromatic heterocycles. The summed E-state index contributed by atoms with van der Waals surface area (Å²) in [6, 6.07) is 15.4. The molecular weight excluding hydrogens is 412 g/mol. The Kier molecular flexibility index (Phi) is 5.88. The maximum absolute atomic E-state index is 12.7. The van der Waals surface area contributed by atoms with Gasteiger partial charge in [-0.3, -0.25) is 9.59 Å². The third-order valence-corrected chi connectivity index (χ3v) is 6.04. The van der Waals surface area contributed by atoms with E-state index in [0.717, 1.165) is 22.3 Å². The molecule has 1 fully saturated rings. The molecule has 8 heteroatoms. The van der Waals surface area contributed by atoms with E-state index in [1.807, 2.05) is 36.4 Å². The lowest BCUT2D eigenvalue weighted by Gasteiger charge is -2.27. The Hall–Kier alpha value is -3.39. The average molecular weight is 438 g/mol. The van der Waals surface area contributed by atoms with Gasteiger partial charge in [0.1, 0.15) is 18.1 Å². The molecule has 1 aliphatic heterocycles. The Bertz CT molecular complexity index is 1000. The molecule has 32 heavy (non-hydrogen) atoms. The molecule has 0 saturated carbocycles. The van der Waals surface area contributed by atoms with E-state index in [2.05, 4.69) is 22.8 Å². The van der Waals surface area contributed by atoms with E-state index in [-0.39, 0.29) is 25.7 Å². The normalized spacial score (nSPS) is 19.7. The first-order valence-electron chi connectivity index (χ1n) is 10.5. The van der Waals surface area contributed by atoms with Crippen molar-refractivity contribution in [2.75, 3.05) is 19.8 Å². The number of carboxylic acids is 1. The van der Waals surface area contributed by atoms with Crippen molar-refractivity contribution in [1.29, 1.82) is 0 Å². The summed E-state index contributed by atoms with van der Waals surface area (Å²) in [6.45, 7) is 3.37. The van der Waals surface area contributed by atoms with Crippen molar-refractivity contribution in [3.05, 3.63) is 59.7 Å². The topological polar surface area (TPSA) is 114 Å². The molecule has 168 valence electrons. The van der Waals surface area contributed by atoms with Crippen LogP contribution in [0.4, 0.5) is 4.79 Å². The molecule has 3 N–H and O–H groups in total. The molecular formula is C24H26N2O6. The van der Waals surface area contributed by atoms with Gasteiger partial charge in [-0.15, -0.1) is 0 Å². The summed E-state index contributed by atoms with van der Waals surface area (Å²) in [7, 11) is 0. The highest BCUT2D eigenvalue weighted by atomic mass is 16.5. The number of fused-ring (bicyclic) bond motifs is 3. The van der Waals surface area contributed by atoms with Crippen molar-refractivity contribution < 1.29 is 29.0 Å². The van der Waals surface area contributed by atoms with E-state index in [1.165, 1.54) is 13.8 Å². The Labute approximate surface area is 185 Å². The predicted octanol–water partition coefficient (Wildman–Crippen LogP) is 2.52. The third-order valence-electron chi connectivity index (χ3n) is 6.04. The van der Waals surface area contributed by atoms with Crippen molar-refractivity contribution in [3.8, 4) is 11.1 Å². The first kappa shape index (κ1) is 21.8. The van der Waals surface area contributed by atoms with Crippen molar-refractivity contribution in [2.45, 2.75) is 31.3 Å². The second-order valence-electron chi connectivity index (χ2n) is 8.64. The van der Waals surface area contributed by atoms with Gasteiger partial charge < -0.3 is 25.2 Å². The number of amides is 2. The Morgan fingerprint density at radius 2 is 1.62 bits per heavy atom. The van der Waals surface area contributed by atoms with Crippen molar-refractivity contribution in [2.24, 2.45) is 5.92 Å². The van der Waals surface area contributed by atoms with E-state index in [1.54, 1.807) is 0 Å². The zero-order valence-corrected chi connectivity index (χ0v) is 18.0. The minimum Gasteiger partial charge on any atom is -0.481 e. The zero-order valence-electron chi connectivity index (χ0n) is 18.0. The van der Waals surface area contributed by atoms with Crippen LogP contribution in [-0.4, -0.2) is 54.5 Å². The summed E-state index contributed by atoms with van der Waals surface area (Å²) >= 11 is 0.